The molecular formula is C10H13ClFN. The van der Waals surface area contributed by atoms with Gasteiger partial charge in [0.2, 0.25) is 0 Å². The van der Waals surface area contributed by atoms with Gasteiger partial charge in [0.15, 0.2) is 0 Å². The van der Waals surface area contributed by atoms with Crippen molar-refractivity contribution in [3.8, 4) is 0 Å². The van der Waals surface area contributed by atoms with Gasteiger partial charge in [-0.2, -0.15) is 0 Å². The van der Waals surface area contributed by atoms with Gasteiger partial charge < -0.3 is 5.73 Å². The zero-order valence-electron chi connectivity index (χ0n) is 7.82. The van der Waals surface area contributed by atoms with E-state index in [2.05, 4.69) is 0 Å². The van der Waals surface area contributed by atoms with E-state index < -0.39 is 0 Å². The molecule has 1 aromatic carbocycles. The topological polar surface area (TPSA) is 26.0 Å². The van der Waals surface area contributed by atoms with Gasteiger partial charge in [0.05, 0.1) is 5.02 Å². The lowest BCUT2D eigenvalue weighted by Crippen LogP contribution is -2.06. The number of rotatable bonds is 2. The van der Waals surface area contributed by atoms with Crippen LogP contribution >= 0.6 is 11.6 Å². The molecule has 0 fully saturated rings. The summed E-state index contributed by atoms with van der Waals surface area (Å²) in [6, 6.07) is 1.90. The number of hydrogen-bond acceptors (Lipinski definition) is 1. The lowest BCUT2D eigenvalue weighted by Gasteiger charge is -2.09. The van der Waals surface area contributed by atoms with Crippen LogP contribution in [-0.4, -0.2) is 6.54 Å². The van der Waals surface area contributed by atoms with Crippen molar-refractivity contribution in [2.75, 3.05) is 6.54 Å². The Morgan fingerprint density at radius 1 is 1.46 bits per heavy atom. The summed E-state index contributed by atoms with van der Waals surface area (Å²) in [5.41, 5.74) is 7.74. The Morgan fingerprint density at radius 3 is 2.62 bits per heavy atom. The van der Waals surface area contributed by atoms with E-state index in [1.165, 1.54) is 0 Å². The molecule has 0 amide bonds. The van der Waals surface area contributed by atoms with Crippen molar-refractivity contribution in [1.29, 1.82) is 0 Å². The first-order valence-electron chi connectivity index (χ1n) is 4.22. The Bertz CT molecular complexity index is 323. The van der Waals surface area contributed by atoms with E-state index in [0.29, 0.717) is 18.5 Å². The van der Waals surface area contributed by atoms with E-state index in [1.807, 2.05) is 6.07 Å². The molecule has 0 unspecified atom stereocenters. The van der Waals surface area contributed by atoms with Crippen LogP contribution in [0.15, 0.2) is 6.07 Å². The average molecular weight is 202 g/mol. The fraction of sp³-hybridized carbons (Fsp3) is 0.400. The molecule has 0 saturated carbocycles. The molecule has 0 aliphatic rings. The van der Waals surface area contributed by atoms with Gasteiger partial charge in [0.25, 0.3) is 0 Å². The number of hydrogen-bond donors (Lipinski definition) is 1. The summed E-state index contributed by atoms with van der Waals surface area (Å²) < 4.78 is 13.4. The lowest BCUT2D eigenvalue weighted by atomic mass is 10.0. The monoisotopic (exact) mass is 201 g/mol. The average Bonchev–Trinajstić information content (AvgIpc) is 2.11. The molecule has 0 aromatic heterocycles. The molecule has 2 N–H and O–H groups in total. The van der Waals surface area contributed by atoms with E-state index >= 15 is 0 Å². The molecule has 0 spiro atoms. The van der Waals surface area contributed by atoms with Crippen molar-refractivity contribution in [1.82, 2.24) is 0 Å². The second-order valence-corrected chi connectivity index (χ2v) is 3.52. The first kappa shape index (κ1) is 10.5. The molecule has 0 bridgehead atoms. The summed E-state index contributed by atoms with van der Waals surface area (Å²) in [6.07, 6.45) is 0.695. The first-order chi connectivity index (χ1) is 6.07. The highest BCUT2D eigenvalue weighted by atomic mass is 35.5. The maximum absolute atomic E-state index is 13.4. The van der Waals surface area contributed by atoms with Crippen LogP contribution in [0, 0.1) is 19.7 Å². The molecule has 0 radical (unpaired) electrons. The minimum absolute atomic E-state index is 0.221. The quantitative estimate of drug-likeness (QED) is 0.782. The highest BCUT2D eigenvalue weighted by Gasteiger charge is 2.10. The van der Waals surface area contributed by atoms with Crippen LogP contribution in [-0.2, 0) is 6.42 Å². The van der Waals surface area contributed by atoms with E-state index in [0.717, 1.165) is 11.1 Å². The lowest BCUT2D eigenvalue weighted by molar-refractivity contribution is 0.614. The van der Waals surface area contributed by atoms with Crippen LogP contribution in [0.25, 0.3) is 0 Å². The SMILES string of the molecule is Cc1cc(CCN)c(C)c(F)c1Cl. The Balaban J connectivity index is 3.24. The Kier molecular flexibility index (Phi) is 3.28. The number of halogens is 2. The molecule has 1 nitrogen and oxygen atoms in total. The molecule has 3 heteroatoms. The maximum Gasteiger partial charge on any atom is 0.145 e. The maximum atomic E-state index is 13.4. The fourth-order valence-electron chi connectivity index (χ4n) is 1.33. The predicted octanol–water partition coefficient (Wildman–Crippen LogP) is 2.60. The van der Waals surface area contributed by atoms with Gasteiger partial charge in [-0.3, -0.25) is 0 Å². The molecule has 0 atom stereocenters. The number of benzene rings is 1. The van der Waals surface area contributed by atoms with Crippen LogP contribution < -0.4 is 5.73 Å². The van der Waals surface area contributed by atoms with E-state index in [-0.39, 0.29) is 10.8 Å². The summed E-state index contributed by atoms with van der Waals surface area (Å²) >= 11 is 5.75. The van der Waals surface area contributed by atoms with Crippen molar-refractivity contribution in [3.63, 3.8) is 0 Å². The Labute approximate surface area is 82.7 Å². The molecule has 1 rings (SSSR count). The van der Waals surface area contributed by atoms with E-state index in [4.69, 9.17) is 17.3 Å². The third-order valence-corrected chi connectivity index (χ3v) is 2.62. The third kappa shape index (κ3) is 2.01. The largest absolute Gasteiger partial charge is 0.330 e. The van der Waals surface area contributed by atoms with Gasteiger partial charge in [-0.15, -0.1) is 0 Å². The normalized spacial score (nSPS) is 10.5. The van der Waals surface area contributed by atoms with Crippen LogP contribution in [0.5, 0.6) is 0 Å². The van der Waals surface area contributed by atoms with Crippen molar-refractivity contribution in [2.45, 2.75) is 20.3 Å². The van der Waals surface area contributed by atoms with Crippen LogP contribution in [0.4, 0.5) is 4.39 Å². The molecule has 0 aliphatic heterocycles. The molecule has 0 heterocycles. The van der Waals surface area contributed by atoms with Gasteiger partial charge >= 0.3 is 0 Å². The summed E-state index contributed by atoms with van der Waals surface area (Å²) in [7, 11) is 0. The fourth-order valence-corrected chi connectivity index (χ4v) is 1.52. The van der Waals surface area contributed by atoms with Gasteiger partial charge in [0.1, 0.15) is 5.82 Å². The molecule has 0 saturated heterocycles. The van der Waals surface area contributed by atoms with Gasteiger partial charge in [0, 0.05) is 0 Å². The molecule has 0 aliphatic carbocycles. The number of aryl methyl sites for hydroxylation is 1. The Hall–Kier alpha value is -0.600. The molecular weight excluding hydrogens is 189 g/mol. The Morgan fingerprint density at radius 2 is 2.08 bits per heavy atom. The summed E-state index contributed by atoms with van der Waals surface area (Å²) in [4.78, 5) is 0. The van der Waals surface area contributed by atoms with Crippen LogP contribution in [0.2, 0.25) is 5.02 Å². The summed E-state index contributed by atoms with van der Waals surface area (Å²) in [6.45, 7) is 4.05. The zero-order chi connectivity index (χ0) is 10.0. The van der Waals surface area contributed by atoms with E-state index in [1.54, 1.807) is 13.8 Å². The van der Waals surface area contributed by atoms with Crippen molar-refractivity contribution < 1.29 is 4.39 Å². The zero-order valence-corrected chi connectivity index (χ0v) is 8.58. The van der Waals surface area contributed by atoms with Gasteiger partial charge in [-0.1, -0.05) is 17.7 Å². The van der Waals surface area contributed by atoms with Crippen LogP contribution in [0.3, 0.4) is 0 Å². The summed E-state index contributed by atoms with van der Waals surface area (Å²) in [5.74, 6) is -0.315. The predicted molar refractivity (Wildman–Crippen MR) is 53.6 cm³/mol. The van der Waals surface area contributed by atoms with Crippen molar-refractivity contribution >= 4 is 11.6 Å². The second-order valence-electron chi connectivity index (χ2n) is 3.14. The van der Waals surface area contributed by atoms with Crippen LogP contribution in [0.1, 0.15) is 16.7 Å². The highest BCUT2D eigenvalue weighted by molar-refractivity contribution is 6.31. The van der Waals surface area contributed by atoms with Gasteiger partial charge in [-0.25, -0.2) is 4.39 Å². The molecule has 72 valence electrons. The van der Waals surface area contributed by atoms with Crippen molar-refractivity contribution in [2.24, 2.45) is 5.73 Å². The highest BCUT2D eigenvalue weighted by Crippen LogP contribution is 2.25. The minimum Gasteiger partial charge on any atom is -0.330 e. The van der Waals surface area contributed by atoms with Crippen molar-refractivity contribution in [3.05, 3.63) is 33.6 Å². The van der Waals surface area contributed by atoms with E-state index in [9.17, 15) is 4.39 Å². The summed E-state index contributed by atoms with van der Waals surface area (Å²) in [5, 5.41) is 0.221. The standard InChI is InChI=1S/C10H13ClFN/c1-6-5-8(3-4-13)7(2)10(12)9(6)11/h5H,3-4,13H2,1-2H3. The minimum atomic E-state index is -0.315. The first-order valence-corrected chi connectivity index (χ1v) is 4.60. The number of nitrogens with two attached hydrogens (primary N) is 1. The smallest absolute Gasteiger partial charge is 0.145 e. The molecule has 13 heavy (non-hydrogen) atoms. The molecule has 1 aromatic rings. The third-order valence-electron chi connectivity index (χ3n) is 2.15. The van der Waals surface area contributed by atoms with Gasteiger partial charge in [-0.05, 0) is 43.5 Å². The second kappa shape index (κ2) is 4.07.